The first-order chi connectivity index (χ1) is 15.1. The second kappa shape index (κ2) is 9.39. The van der Waals surface area contributed by atoms with E-state index in [4.69, 9.17) is 9.47 Å². The maximum atomic E-state index is 13.0. The summed E-state index contributed by atoms with van der Waals surface area (Å²) in [5, 5.41) is 3.07. The number of nitrogens with one attached hydrogen (secondary N) is 1. The third-order valence-corrected chi connectivity index (χ3v) is 6.00. The molecule has 2 aliphatic heterocycles. The van der Waals surface area contributed by atoms with E-state index in [1.807, 2.05) is 30.3 Å². The first-order valence-corrected chi connectivity index (χ1v) is 10.8. The molecule has 0 bridgehead atoms. The second-order valence-corrected chi connectivity index (χ2v) is 7.98. The highest BCUT2D eigenvalue weighted by Crippen LogP contribution is 2.33. The summed E-state index contributed by atoms with van der Waals surface area (Å²) in [6.45, 7) is 4.21. The van der Waals surface area contributed by atoms with E-state index in [0.29, 0.717) is 18.0 Å². The average molecular weight is 424 g/mol. The zero-order valence-corrected chi connectivity index (χ0v) is 18.0. The molecule has 0 saturated carbocycles. The number of hydrogen-bond donors (Lipinski definition) is 1. The number of carbonyl (C=O) groups is 2. The Morgan fingerprint density at radius 3 is 2.52 bits per heavy atom. The summed E-state index contributed by atoms with van der Waals surface area (Å²) in [6, 6.07) is 15.4. The molecule has 2 aliphatic rings. The molecule has 0 aliphatic carbocycles. The molecule has 164 valence electrons. The van der Waals surface area contributed by atoms with E-state index in [9.17, 15) is 9.59 Å². The summed E-state index contributed by atoms with van der Waals surface area (Å²) < 4.78 is 11.2. The van der Waals surface area contributed by atoms with Crippen molar-refractivity contribution in [2.45, 2.75) is 31.9 Å². The molecule has 2 aromatic carbocycles. The van der Waals surface area contributed by atoms with Gasteiger partial charge < -0.3 is 19.7 Å². The summed E-state index contributed by atoms with van der Waals surface area (Å²) >= 11 is 0. The van der Waals surface area contributed by atoms with Crippen LogP contribution in [0.4, 0.5) is 5.69 Å². The van der Waals surface area contributed by atoms with Crippen molar-refractivity contribution >= 4 is 17.5 Å². The molecule has 1 N–H and O–H groups in total. The normalized spacial score (nSPS) is 19.3. The number of methoxy groups -OCH3 is 1. The number of ether oxygens (including phenoxy) is 2. The van der Waals surface area contributed by atoms with Crippen LogP contribution in [-0.4, -0.2) is 56.1 Å². The number of hydrogen-bond acceptors (Lipinski definition) is 5. The largest absolute Gasteiger partial charge is 0.497 e. The summed E-state index contributed by atoms with van der Waals surface area (Å²) in [5.41, 5.74) is 1.84. The van der Waals surface area contributed by atoms with Crippen molar-refractivity contribution in [2.24, 2.45) is 0 Å². The van der Waals surface area contributed by atoms with Crippen LogP contribution < -0.4 is 19.7 Å². The molecular weight excluding hydrogens is 394 g/mol. The fraction of sp³-hybridized carbons (Fsp3) is 0.417. The number of benzene rings is 2. The van der Waals surface area contributed by atoms with E-state index in [2.05, 4.69) is 22.3 Å². The third kappa shape index (κ3) is 4.66. The number of rotatable bonds is 6. The molecule has 7 nitrogen and oxygen atoms in total. The number of nitrogens with zero attached hydrogens (tertiary/aromatic N) is 2. The van der Waals surface area contributed by atoms with E-state index >= 15 is 0 Å². The molecule has 31 heavy (non-hydrogen) atoms. The third-order valence-electron chi connectivity index (χ3n) is 6.00. The highest BCUT2D eigenvalue weighted by molar-refractivity contribution is 5.95. The molecule has 2 atom stereocenters. The highest BCUT2D eigenvalue weighted by atomic mass is 16.5. The molecule has 1 saturated heterocycles. The maximum absolute atomic E-state index is 13.0. The average Bonchev–Trinajstić information content (AvgIpc) is 3.33. The van der Waals surface area contributed by atoms with Crippen molar-refractivity contribution < 1.29 is 19.1 Å². The van der Waals surface area contributed by atoms with E-state index < -0.39 is 6.10 Å². The zero-order valence-electron chi connectivity index (χ0n) is 18.0. The van der Waals surface area contributed by atoms with Crippen molar-refractivity contribution in [1.29, 1.82) is 0 Å². The highest BCUT2D eigenvalue weighted by Gasteiger charge is 2.33. The van der Waals surface area contributed by atoms with Gasteiger partial charge in [0.1, 0.15) is 11.5 Å². The van der Waals surface area contributed by atoms with Gasteiger partial charge in [-0.15, -0.1) is 0 Å². The van der Waals surface area contributed by atoms with Crippen LogP contribution in [0.15, 0.2) is 48.5 Å². The van der Waals surface area contributed by atoms with Crippen LogP contribution in [0.25, 0.3) is 0 Å². The topological polar surface area (TPSA) is 71.1 Å². The van der Waals surface area contributed by atoms with Crippen LogP contribution in [0.3, 0.4) is 0 Å². The molecule has 2 amide bonds. The van der Waals surface area contributed by atoms with Gasteiger partial charge in [-0.1, -0.05) is 24.3 Å². The number of anilines is 1. The van der Waals surface area contributed by atoms with Crippen LogP contribution in [0.1, 0.15) is 31.4 Å². The lowest BCUT2D eigenvalue weighted by Crippen LogP contribution is -2.51. The zero-order chi connectivity index (χ0) is 21.8. The summed E-state index contributed by atoms with van der Waals surface area (Å²) in [5.74, 6) is 1.04. The van der Waals surface area contributed by atoms with Gasteiger partial charge in [0, 0.05) is 13.5 Å². The number of carbonyl (C=O) groups excluding carboxylic acids is 2. The molecule has 2 unspecified atom stereocenters. The number of fused-ring (bicyclic) bond motifs is 1. The molecule has 0 spiro atoms. The van der Waals surface area contributed by atoms with Gasteiger partial charge in [-0.2, -0.15) is 0 Å². The Hall–Kier alpha value is -3.06. The van der Waals surface area contributed by atoms with Crippen LogP contribution in [-0.2, 0) is 9.59 Å². The number of likely N-dealkylation sites (tertiary alicyclic amines) is 1. The molecular formula is C24H29N3O4. The van der Waals surface area contributed by atoms with Gasteiger partial charge in [0.05, 0.1) is 25.4 Å². The minimum absolute atomic E-state index is 0.0807. The van der Waals surface area contributed by atoms with Gasteiger partial charge in [0.15, 0.2) is 6.10 Å². The Morgan fingerprint density at radius 1 is 1.13 bits per heavy atom. The van der Waals surface area contributed by atoms with Crippen LogP contribution >= 0.6 is 0 Å². The monoisotopic (exact) mass is 423 g/mol. The predicted molar refractivity (Wildman–Crippen MR) is 118 cm³/mol. The molecule has 1 fully saturated rings. The molecule has 0 aromatic heterocycles. The molecule has 4 rings (SSSR count). The minimum atomic E-state index is -0.742. The summed E-state index contributed by atoms with van der Waals surface area (Å²) in [4.78, 5) is 29.1. The maximum Gasteiger partial charge on any atom is 0.263 e. The summed E-state index contributed by atoms with van der Waals surface area (Å²) in [7, 11) is 1.65. The van der Waals surface area contributed by atoms with Crippen LogP contribution in [0.5, 0.6) is 11.5 Å². The van der Waals surface area contributed by atoms with Crippen molar-refractivity contribution in [3.8, 4) is 11.5 Å². The smallest absolute Gasteiger partial charge is 0.263 e. The van der Waals surface area contributed by atoms with Gasteiger partial charge in [0.2, 0.25) is 5.91 Å². The Balaban J connectivity index is 1.47. The Morgan fingerprint density at radius 2 is 1.84 bits per heavy atom. The fourth-order valence-electron chi connectivity index (χ4n) is 4.32. The van der Waals surface area contributed by atoms with E-state index in [0.717, 1.165) is 37.2 Å². The standard InChI is InChI=1S/C24H29N3O4/c1-17(28)27-16-23(31-22-8-4-3-7-20(22)27)24(29)25-15-21(26-13-5-6-14-26)18-9-11-19(30-2)12-10-18/h3-4,7-12,21,23H,5-6,13-16H2,1-2H3,(H,25,29). The molecule has 7 heteroatoms. The first-order valence-electron chi connectivity index (χ1n) is 10.8. The quantitative estimate of drug-likeness (QED) is 0.774. The van der Waals surface area contributed by atoms with Gasteiger partial charge in [-0.25, -0.2) is 0 Å². The fourth-order valence-corrected chi connectivity index (χ4v) is 4.32. The lowest BCUT2D eigenvalue weighted by atomic mass is 10.0. The Labute approximate surface area is 182 Å². The molecule has 2 aromatic rings. The lowest BCUT2D eigenvalue weighted by Gasteiger charge is -2.34. The van der Waals surface area contributed by atoms with Crippen molar-refractivity contribution in [2.75, 3.05) is 38.2 Å². The Bertz CT molecular complexity index is 925. The number of para-hydroxylation sites is 2. The second-order valence-electron chi connectivity index (χ2n) is 7.98. The number of amides is 2. The van der Waals surface area contributed by atoms with E-state index in [1.165, 1.54) is 6.92 Å². The van der Waals surface area contributed by atoms with Crippen molar-refractivity contribution in [3.05, 3.63) is 54.1 Å². The van der Waals surface area contributed by atoms with Gasteiger partial charge in [-0.05, 0) is 55.8 Å². The van der Waals surface area contributed by atoms with E-state index in [-0.39, 0.29) is 24.4 Å². The Kier molecular flexibility index (Phi) is 6.42. The molecule has 2 heterocycles. The molecule has 0 radical (unpaired) electrons. The summed E-state index contributed by atoms with van der Waals surface area (Å²) in [6.07, 6.45) is 1.59. The van der Waals surface area contributed by atoms with E-state index in [1.54, 1.807) is 18.1 Å². The van der Waals surface area contributed by atoms with Gasteiger partial charge >= 0.3 is 0 Å². The first kappa shape index (κ1) is 21.2. The van der Waals surface area contributed by atoms with Gasteiger partial charge in [-0.3, -0.25) is 14.5 Å². The SMILES string of the molecule is COc1ccc(C(CNC(=O)C2CN(C(C)=O)c3ccccc3O2)N2CCCC2)cc1. The minimum Gasteiger partial charge on any atom is -0.497 e. The van der Waals surface area contributed by atoms with Crippen LogP contribution in [0, 0.1) is 0 Å². The predicted octanol–water partition coefficient (Wildman–Crippen LogP) is 2.76. The van der Waals surface area contributed by atoms with Crippen molar-refractivity contribution in [1.82, 2.24) is 10.2 Å². The van der Waals surface area contributed by atoms with Crippen molar-refractivity contribution in [3.63, 3.8) is 0 Å². The van der Waals surface area contributed by atoms with Gasteiger partial charge in [0.25, 0.3) is 5.91 Å². The lowest BCUT2D eigenvalue weighted by molar-refractivity contribution is -0.128. The van der Waals surface area contributed by atoms with Crippen LogP contribution in [0.2, 0.25) is 0 Å².